The van der Waals surface area contributed by atoms with Crippen LogP contribution in [0, 0.1) is 0 Å². The molecule has 3 heteroatoms. The predicted molar refractivity (Wildman–Crippen MR) is 48.8 cm³/mol. The van der Waals surface area contributed by atoms with E-state index in [1.807, 2.05) is 13.8 Å². The second-order valence-electron chi connectivity index (χ2n) is 2.76. The fourth-order valence-electron chi connectivity index (χ4n) is 0.839. The maximum absolute atomic E-state index is 6.22. The third-order valence-electron chi connectivity index (χ3n) is 1.50. The van der Waals surface area contributed by atoms with Crippen LogP contribution in [0.15, 0.2) is 0 Å². The highest BCUT2D eigenvalue weighted by Gasteiger charge is 2.28. The van der Waals surface area contributed by atoms with Gasteiger partial charge in [0.05, 0.1) is 0 Å². The van der Waals surface area contributed by atoms with Gasteiger partial charge in [0.25, 0.3) is 7.63 Å². The van der Waals surface area contributed by atoms with Crippen LogP contribution in [0.3, 0.4) is 0 Å². The summed E-state index contributed by atoms with van der Waals surface area (Å²) in [5.74, 6) is 0. The van der Waals surface area contributed by atoms with E-state index in [2.05, 4.69) is 13.8 Å². The largest absolute Gasteiger partial charge is 0.401 e. The van der Waals surface area contributed by atoms with Gasteiger partial charge in [0.1, 0.15) is 0 Å². The standard InChI is InChI=1S/C7H17ClOSi/c1-5-10(8,6-2)9-7(3)4/h7H,5-6H2,1-4H3. The highest BCUT2D eigenvalue weighted by atomic mass is 35.6. The molecule has 1 nitrogen and oxygen atoms in total. The van der Waals surface area contributed by atoms with Crippen LogP contribution in [0.5, 0.6) is 0 Å². The van der Waals surface area contributed by atoms with Crippen LogP contribution in [0.25, 0.3) is 0 Å². The summed E-state index contributed by atoms with van der Waals surface area (Å²) >= 11 is 6.22. The van der Waals surface area contributed by atoms with Crippen molar-refractivity contribution in [3.63, 3.8) is 0 Å². The molecule has 0 aromatic heterocycles. The van der Waals surface area contributed by atoms with E-state index in [0.717, 1.165) is 12.1 Å². The van der Waals surface area contributed by atoms with Crippen molar-refractivity contribution in [1.29, 1.82) is 0 Å². The summed E-state index contributed by atoms with van der Waals surface area (Å²) in [7, 11) is -1.79. The summed E-state index contributed by atoms with van der Waals surface area (Å²) in [5, 5.41) is 0. The minimum atomic E-state index is -1.79. The molecule has 0 fully saturated rings. The Morgan fingerprint density at radius 3 is 1.80 bits per heavy atom. The Balaban J connectivity index is 3.80. The second-order valence-corrected chi connectivity index (χ2v) is 8.24. The van der Waals surface area contributed by atoms with Crippen LogP contribution >= 0.6 is 11.1 Å². The number of hydrogen-bond acceptors (Lipinski definition) is 1. The van der Waals surface area contributed by atoms with Crippen molar-refractivity contribution in [2.75, 3.05) is 0 Å². The Morgan fingerprint density at radius 1 is 1.30 bits per heavy atom. The molecule has 0 rings (SSSR count). The van der Waals surface area contributed by atoms with Gasteiger partial charge in [-0.1, -0.05) is 13.8 Å². The smallest absolute Gasteiger partial charge is 0.289 e. The lowest BCUT2D eigenvalue weighted by molar-refractivity contribution is 0.236. The molecule has 0 amide bonds. The molecular formula is C7H17ClOSi. The Kier molecular flexibility index (Phi) is 4.57. The van der Waals surface area contributed by atoms with Gasteiger partial charge in [-0.25, -0.2) is 0 Å². The normalized spacial score (nSPS) is 12.6. The van der Waals surface area contributed by atoms with Crippen LogP contribution in [0.4, 0.5) is 0 Å². The zero-order valence-electron chi connectivity index (χ0n) is 7.28. The summed E-state index contributed by atoms with van der Waals surface area (Å²) in [5.41, 5.74) is 0. The van der Waals surface area contributed by atoms with E-state index in [-0.39, 0.29) is 6.10 Å². The predicted octanol–water partition coefficient (Wildman–Crippen LogP) is 3.13. The second kappa shape index (κ2) is 4.37. The first-order valence-electron chi connectivity index (χ1n) is 3.90. The molecule has 0 aliphatic heterocycles. The van der Waals surface area contributed by atoms with Crippen LogP contribution in [-0.4, -0.2) is 13.7 Å². The molecule has 10 heavy (non-hydrogen) atoms. The maximum atomic E-state index is 6.22. The minimum Gasteiger partial charge on any atom is -0.401 e. The van der Waals surface area contributed by atoms with E-state index >= 15 is 0 Å². The van der Waals surface area contributed by atoms with Gasteiger partial charge in [-0.15, -0.1) is 11.1 Å². The Bertz CT molecular complexity index is 91.6. The Hall–Kier alpha value is 0.467. The summed E-state index contributed by atoms with van der Waals surface area (Å²) < 4.78 is 5.64. The lowest BCUT2D eigenvalue weighted by Gasteiger charge is -2.23. The summed E-state index contributed by atoms with van der Waals surface area (Å²) in [6, 6.07) is 2.01. The van der Waals surface area contributed by atoms with Crippen LogP contribution in [0.1, 0.15) is 27.7 Å². The molecule has 0 aromatic rings. The number of rotatable bonds is 4. The van der Waals surface area contributed by atoms with Crippen molar-refractivity contribution in [3.05, 3.63) is 0 Å². The van der Waals surface area contributed by atoms with Gasteiger partial charge >= 0.3 is 0 Å². The molecule has 0 radical (unpaired) electrons. The van der Waals surface area contributed by atoms with Crippen LogP contribution in [-0.2, 0) is 4.43 Å². The molecule has 0 aliphatic carbocycles. The Labute approximate surface area is 69.6 Å². The topological polar surface area (TPSA) is 9.23 Å². The van der Waals surface area contributed by atoms with E-state index in [0.29, 0.717) is 0 Å². The van der Waals surface area contributed by atoms with E-state index in [4.69, 9.17) is 15.5 Å². The Morgan fingerprint density at radius 2 is 1.70 bits per heavy atom. The molecule has 0 bridgehead atoms. The number of hydrogen-bond donors (Lipinski definition) is 0. The first-order valence-corrected chi connectivity index (χ1v) is 7.24. The summed E-state index contributed by atoms with van der Waals surface area (Å²) in [6.07, 6.45) is 0.282. The quantitative estimate of drug-likeness (QED) is 0.477. The van der Waals surface area contributed by atoms with Crippen LogP contribution in [0.2, 0.25) is 12.1 Å². The van der Waals surface area contributed by atoms with Crippen molar-refractivity contribution in [1.82, 2.24) is 0 Å². The molecule has 0 N–H and O–H groups in total. The maximum Gasteiger partial charge on any atom is 0.289 e. The third kappa shape index (κ3) is 3.59. The van der Waals surface area contributed by atoms with Gasteiger partial charge in [-0.3, -0.25) is 0 Å². The van der Waals surface area contributed by atoms with Gasteiger partial charge in [0.2, 0.25) is 0 Å². The molecule has 0 saturated carbocycles. The first-order chi connectivity index (χ1) is 4.54. The fraction of sp³-hybridized carbons (Fsp3) is 1.00. The molecule has 0 aliphatic rings. The minimum absolute atomic E-state index is 0.282. The third-order valence-corrected chi connectivity index (χ3v) is 6.38. The first kappa shape index (κ1) is 10.5. The summed E-state index contributed by atoms with van der Waals surface area (Å²) in [6.45, 7) is 8.28. The average molecular weight is 181 g/mol. The highest BCUT2D eigenvalue weighted by Crippen LogP contribution is 2.22. The van der Waals surface area contributed by atoms with Crippen LogP contribution < -0.4 is 0 Å². The van der Waals surface area contributed by atoms with E-state index in [9.17, 15) is 0 Å². The molecule has 0 atom stereocenters. The molecule has 0 saturated heterocycles. The summed E-state index contributed by atoms with van der Waals surface area (Å²) in [4.78, 5) is 0. The van der Waals surface area contributed by atoms with Crippen molar-refractivity contribution in [3.8, 4) is 0 Å². The van der Waals surface area contributed by atoms with Gasteiger partial charge in [-0.2, -0.15) is 0 Å². The lowest BCUT2D eigenvalue weighted by atomic mass is 10.5. The molecular weight excluding hydrogens is 164 g/mol. The van der Waals surface area contributed by atoms with E-state index in [1.165, 1.54) is 0 Å². The monoisotopic (exact) mass is 180 g/mol. The molecule has 0 unspecified atom stereocenters. The van der Waals surface area contributed by atoms with Gasteiger partial charge in [-0.05, 0) is 25.9 Å². The molecule has 0 aromatic carbocycles. The van der Waals surface area contributed by atoms with Crippen molar-refractivity contribution < 1.29 is 4.43 Å². The SMILES string of the molecule is CC[Si](Cl)(CC)OC(C)C. The fourth-order valence-corrected chi connectivity index (χ4v) is 3.05. The van der Waals surface area contributed by atoms with E-state index in [1.54, 1.807) is 0 Å². The molecule has 0 spiro atoms. The van der Waals surface area contributed by atoms with Gasteiger partial charge in [0.15, 0.2) is 0 Å². The zero-order valence-corrected chi connectivity index (χ0v) is 9.03. The lowest BCUT2D eigenvalue weighted by Crippen LogP contribution is -2.32. The molecule has 62 valence electrons. The van der Waals surface area contributed by atoms with Crippen molar-refractivity contribution >= 4 is 18.7 Å². The van der Waals surface area contributed by atoms with E-state index < -0.39 is 7.63 Å². The van der Waals surface area contributed by atoms with Gasteiger partial charge < -0.3 is 4.43 Å². The number of halogens is 1. The molecule has 0 heterocycles. The van der Waals surface area contributed by atoms with Crippen molar-refractivity contribution in [2.45, 2.75) is 45.9 Å². The van der Waals surface area contributed by atoms with Crippen molar-refractivity contribution in [2.24, 2.45) is 0 Å². The highest BCUT2D eigenvalue weighted by molar-refractivity contribution is 7.16. The average Bonchev–Trinajstić information content (AvgIpc) is 1.87. The zero-order chi connectivity index (χ0) is 8.20. The van der Waals surface area contributed by atoms with Gasteiger partial charge in [0, 0.05) is 6.10 Å².